The number of rotatable bonds is 1. The Morgan fingerprint density at radius 3 is 2.33 bits per heavy atom. The van der Waals surface area contributed by atoms with E-state index in [4.69, 9.17) is 0 Å². The van der Waals surface area contributed by atoms with Crippen LogP contribution in [0.4, 0.5) is 0 Å². The first-order valence-corrected chi connectivity index (χ1v) is 9.41. The van der Waals surface area contributed by atoms with Crippen LogP contribution in [-0.4, -0.2) is 27.4 Å². The summed E-state index contributed by atoms with van der Waals surface area (Å²) in [5.41, 5.74) is 1.27. The molecule has 4 nitrogen and oxygen atoms in total. The first-order chi connectivity index (χ1) is 12.7. The van der Waals surface area contributed by atoms with Gasteiger partial charge in [-0.05, 0) is 50.8 Å². The quantitative estimate of drug-likeness (QED) is 0.792. The van der Waals surface area contributed by atoms with Gasteiger partial charge in [0.15, 0.2) is 0 Å². The molecule has 2 aromatic rings. The maximum Gasteiger partial charge on any atom is 0.237 e. The molecule has 0 spiro atoms. The van der Waals surface area contributed by atoms with E-state index < -0.39 is 23.0 Å². The molecule has 1 saturated heterocycles. The highest BCUT2D eigenvalue weighted by atomic mass is 16.3. The average molecular weight is 363 g/mol. The van der Waals surface area contributed by atoms with E-state index in [1.54, 1.807) is 0 Å². The van der Waals surface area contributed by atoms with Crippen LogP contribution in [0.5, 0.6) is 0 Å². The molecule has 0 bridgehead atoms. The first kappa shape index (κ1) is 17.9. The van der Waals surface area contributed by atoms with E-state index >= 15 is 0 Å². The number of amides is 2. The summed E-state index contributed by atoms with van der Waals surface area (Å²) in [7, 11) is 0. The summed E-state index contributed by atoms with van der Waals surface area (Å²) in [4.78, 5) is 28.0. The molecule has 2 amide bonds. The number of carbonyl (C=O) groups is 2. The highest BCUT2D eigenvalue weighted by Gasteiger charge is 2.62. The van der Waals surface area contributed by atoms with E-state index in [1.165, 1.54) is 4.90 Å². The van der Waals surface area contributed by atoms with E-state index in [2.05, 4.69) is 0 Å². The Labute approximate surface area is 159 Å². The van der Waals surface area contributed by atoms with Crippen molar-refractivity contribution in [2.75, 3.05) is 0 Å². The standard InChI is InChI=1S/C23H25NO3/c1-14-10-11-18-15(12-14)13-17-19(21(26)24(20(17)25)22(2,3)4)23(18,27)16-8-6-5-7-9-16/h5-12,17,19,27H,13H2,1-4H3/t17-,19+,23+/m0/s1. The Kier molecular flexibility index (Phi) is 3.83. The smallest absolute Gasteiger partial charge is 0.237 e. The molecule has 2 aliphatic rings. The van der Waals surface area contributed by atoms with Gasteiger partial charge in [0.1, 0.15) is 5.60 Å². The molecular weight excluding hydrogens is 338 g/mol. The Hall–Kier alpha value is -2.46. The fraction of sp³-hybridized carbons (Fsp3) is 0.391. The highest BCUT2D eigenvalue weighted by molar-refractivity contribution is 6.07. The van der Waals surface area contributed by atoms with Gasteiger partial charge in [-0.3, -0.25) is 14.5 Å². The average Bonchev–Trinajstić information content (AvgIpc) is 2.86. The zero-order valence-corrected chi connectivity index (χ0v) is 16.2. The van der Waals surface area contributed by atoms with E-state index in [0.29, 0.717) is 12.0 Å². The lowest BCUT2D eigenvalue weighted by atomic mass is 9.64. The second kappa shape index (κ2) is 5.77. The summed E-state index contributed by atoms with van der Waals surface area (Å²) in [5.74, 6) is -1.81. The molecule has 0 saturated carbocycles. The monoisotopic (exact) mass is 363 g/mol. The van der Waals surface area contributed by atoms with Gasteiger partial charge in [0.2, 0.25) is 11.8 Å². The summed E-state index contributed by atoms with van der Waals surface area (Å²) in [6, 6.07) is 15.2. The second-order valence-electron chi connectivity index (χ2n) is 8.76. The molecule has 1 aliphatic carbocycles. The van der Waals surface area contributed by atoms with E-state index in [0.717, 1.165) is 16.7 Å². The molecule has 0 radical (unpaired) electrons. The van der Waals surface area contributed by atoms with Crippen LogP contribution < -0.4 is 0 Å². The number of aliphatic hydroxyl groups is 1. The van der Waals surface area contributed by atoms with Gasteiger partial charge in [-0.15, -0.1) is 0 Å². The van der Waals surface area contributed by atoms with Gasteiger partial charge < -0.3 is 5.11 Å². The molecule has 4 rings (SSSR count). The SMILES string of the molecule is Cc1ccc2c(c1)C[C@@H]1C(=O)N(C(C)(C)C)C(=O)[C@@H]1[C@@]2(O)c1ccccc1. The first-order valence-electron chi connectivity index (χ1n) is 9.41. The highest BCUT2D eigenvalue weighted by Crippen LogP contribution is 2.52. The molecule has 1 aliphatic heterocycles. The number of aryl methyl sites for hydroxylation is 1. The van der Waals surface area contributed by atoms with Crippen molar-refractivity contribution in [2.24, 2.45) is 11.8 Å². The third-order valence-electron chi connectivity index (χ3n) is 5.87. The fourth-order valence-corrected chi connectivity index (χ4v) is 4.76. The number of benzene rings is 2. The van der Waals surface area contributed by atoms with Crippen molar-refractivity contribution in [3.63, 3.8) is 0 Å². The number of hydrogen-bond acceptors (Lipinski definition) is 3. The number of likely N-dealkylation sites (tertiary alicyclic amines) is 1. The zero-order chi connectivity index (χ0) is 19.6. The Morgan fingerprint density at radius 1 is 1.04 bits per heavy atom. The predicted molar refractivity (Wildman–Crippen MR) is 103 cm³/mol. The van der Waals surface area contributed by atoms with E-state index in [9.17, 15) is 14.7 Å². The number of imide groups is 1. The van der Waals surface area contributed by atoms with Crippen molar-refractivity contribution in [1.29, 1.82) is 0 Å². The normalized spacial score (nSPS) is 27.5. The lowest BCUT2D eigenvalue weighted by molar-refractivity contribution is -0.147. The topological polar surface area (TPSA) is 57.6 Å². The summed E-state index contributed by atoms with van der Waals surface area (Å²) >= 11 is 0. The maximum atomic E-state index is 13.4. The number of fused-ring (bicyclic) bond motifs is 2. The van der Waals surface area contributed by atoms with Crippen LogP contribution in [0, 0.1) is 18.8 Å². The van der Waals surface area contributed by atoms with Crippen molar-refractivity contribution < 1.29 is 14.7 Å². The second-order valence-corrected chi connectivity index (χ2v) is 8.76. The molecule has 27 heavy (non-hydrogen) atoms. The zero-order valence-electron chi connectivity index (χ0n) is 16.2. The number of carbonyl (C=O) groups excluding carboxylic acids is 2. The van der Waals surface area contributed by atoms with Gasteiger partial charge in [0.25, 0.3) is 0 Å². The summed E-state index contributed by atoms with van der Waals surface area (Å²) < 4.78 is 0. The molecule has 1 fully saturated rings. The van der Waals surface area contributed by atoms with Crippen LogP contribution in [-0.2, 0) is 21.6 Å². The minimum Gasteiger partial charge on any atom is -0.380 e. The molecule has 1 heterocycles. The molecule has 140 valence electrons. The largest absolute Gasteiger partial charge is 0.380 e. The van der Waals surface area contributed by atoms with Gasteiger partial charge in [0, 0.05) is 5.54 Å². The van der Waals surface area contributed by atoms with Gasteiger partial charge in [-0.25, -0.2) is 0 Å². The summed E-state index contributed by atoms with van der Waals surface area (Å²) in [5, 5.41) is 12.0. The Bertz CT molecular complexity index is 928. The third kappa shape index (κ3) is 2.47. The predicted octanol–water partition coefficient (Wildman–Crippen LogP) is 3.19. The Morgan fingerprint density at radius 2 is 1.70 bits per heavy atom. The molecular formula is C23H25NO3. The van der Waals surface area contributed by atoms with E-state index in [1.807, 2.05) is 76.2 Å². The minimum atomic E-state index is -1.51. The van der Waals surface area contributed by atoms with Gasteiger partial charge >= 0.3 is 0 Å². The van der Waals surface area contributed by atoms with Crippen molar-refractivity contribution in [3.8, 4) is 0 Å². The lowest BCUT2D eigenvalue weighted by Crippen LogP contribution is -2.49. The third-order valence-corrected chi connectivity index (χ3v) is 5.87. The lowest BCUT2D eigenvalue weighted by Gasteiger charge is -2.41. The van der Waals surface area contributed by atoms with E-state index in [-0.39, 0.29) is 11.8 Å². The van der Waals surface area contributed by atoms with Crippen molar-refractivity contribution >= 4 is 11.8 Å². The van der Waals surface area contributed by atoms with Crippen LogP contribution in [0.25, 0.3) is 0 Å². The van der Waals surface area contributed by atoms with Crippen LogP contribution in [0.2, 0.25) is 0 Å². The molecule has 0 aromatic heterocycles. The fourth-order valence-electron chi connectivity index (χ4n) is 4.76. The van der Waals surface area contributed by atoms with Crippen molar-refractivity contribution in [1.82, 2.24) is 4.90 Å². The van der Waals surface area contributed by atoms with Crippen molar-refractivity contribution in [3.05, 3.63) is 70.8 Å². The molecule has 0 unspecified atom stereocenters. The van der Waals surface area contributed by atoms with Crippen LogP contribution >= 0.6 is 0 Å². The minimum absolute atomic E-state index is 0.181. The Balaban J connectivity index is 1.98. The summed E-state index contributed by atoms with van der Waals surface area (Å²) in [6.45, 7) is 7.58. The van der Waals surface area contributed by atoms with Gasteiger partial charge in [0.05, 0.1) is 11.8 Å². The van der Waals surface area contributed by atoms with Crippen LogP contribution in [0.15, 0.2) is 48.5 Å². The van der Waals surface area contributed by atoms with Crippen LogP contribution in [0.1, 0.15) is 43.0 Å². The van der Waals surface area contributed by atoms with Crippen LogP contribution in [0.3, 0.4) is 0 Å². The molecule has 1 N–H and O–H groups in total. The molecule has 4 heteroatoms. The number of nitrogens with zero attached hydrogens (tertiary/aromatic N) is 1. The number of hydrogen-bond donors (Lipinski definition) is 1. The summed E-state index contributed by atoms with van der Waals surface area (Å²) in [6.07, 6.45) is 0.480. The maximum absolute atomic E-state index is 13.4. The van der Waals surface area contributed by atoms with Gasteiger partial charge in [-0.1, -0.05) is 54.1 Å². The molecule has 3 atom stereocenters. The molecule has 2 aromatic carbocycles. The van der Waals surface area contributed by atoms with Gasteiger partial charge in [-0.2, -0.15) is 0 Å². The van der Waals surface area contributed by atoms with Crippen molar-refractivity contribution in [2.45, 2.75) is 45.3 Å².